The summed E-state index contributed by atoms with van der Waals surface area (Å²) in [7, 11) is 1.32. The molecule has 0 saturated carbocycles. The monoisotopic (exact) mass is 275 g/mol. The largest absolute Gasteiger partial charge is 0.480 e. The van der Waals surface area contributed by atoms with E-state index >= 15 is 0 Å². The summed E-state index contributed by atoms with van der Waals surface area (Å²) in [5.41, 5.74) is 5.08. The quantitative estimate of drug-likeness (QED) is 0.897. The number of rotatable bonds is 2. The fourth-order valence-corrected chi connectivity index (χ4v) is 2.24. The lowest BCUT2D eigenvalue weighted by Crippen LogP contribution is -2.40. The summed E-state index contributed by atoms with van der Waals surface area (Å²) in [5, 5.41) is 0. The Hall–Kier alpha value is -1.50. The molecule has 0 atom stereocenters. The van der Waals surface area contributed by atoms with E-state index in [1.54, 1.807) is 4.90 Å². The molecule has 0 aliphatic carbocycles. The smallest absolute Gasteiger partial charge is 0.418 e. The number of anilines is 1. The summed E-state index contributed by atoms with van der Waals surface area (Å²) in [6.45, 7) is 0.957. The third-order valence-electron chi connectivity index (χ3n) is 3.25. The number of pyridine rings is 1. The minimum Gasteiger partial charge on any atom is -0.480 e. The number of hydrogen-bond donors (Lipinski definition) is 1. The molecule has 2 heterocycles. The van der Waals surface area contributed by atoms with E-state index < -0.39 is 11.7 Å². The molecule has 1 saturated heterocycles. The van der Waals surface area contributed by atoms with Gasteiger partial charge in [0.2, 0.25) is 5.88 Å². The van der Waals surface area contributed by atoms with Gasteiger partial charge >= 0.3 is 6.18 Å². The standard InChI is InChI=1S/C12H16F3N3O/c1-19-11-10(18-6-3-8(16)4-7-18)9(2-5-17-11)12(13,14)15/h2,5,8H,3-4,6-7,16H2,1H3. The molecule has 106 valence electrons. The van der Waals surface area contributed by atoms with E-state index in [9.17, 15) is 13.2 Å². The molecule has 2 rings (SSSR count). The van der Waals surface area contributed by atoms with Crippen LogP contribution in [0.4, 0.5) is 18.9 Å². The Labute approximate surface area is 109 Å². The van der Waals surface area contributed by atoms with Crippen LogP contribution in [0.1, 0.15) is 18.4 Å². The van der Waals surface area contributed by atoms with Gasteiger partial charge in [0.05, 0.1) is 12.7 Å². The Morgan fingerprint density at radius 3 is 2.53 bits per heavy atom. The van der Waals surface area contributed by atoms with Crippen molar-refractivity contribution in [2.45, 2.75) is 25.1 Å². The molecule has 0 amide bonds. The molecular formula is C12H16F3N3O. The van der Waals surface area contributed by atoms with Gasteiger partial charge in [-0.1, -0.05) is 0 Å². The van der Waals surface area contributed by atoms with Gasteiger partial charge in [-0.15, -0.1) is 0 Å². The lowest BCUT2D eigenvalue weighted by atomic mass is 10.0. The van der Waals surface area contributed by atoms with Crippen LogP contribution in [0.3, 0.4) is 0 Å². The molecule has 1 aliphatic rings. The van der Waals surface area contributed by atoms with Crippen molar-refractivity contribution in [1.82, 2.24) is 4.98 Å². The number of nitrogens with two attached hydrogens (primary N) is 1. The Morgan fingerprint density at radius 2 is 2.00 bits per heavy atom. The van der Waals surface area contributed by atoms with E-state index in [4.69, 9.17) is 10.5 Å². The molecule has 0 unspecified atom stereocenters. The second-order valence-electron chi connectivity index (χ2n) is 4.54. The van der Waals surface area contributed by atoms with Gasteiger partial charge in [0.15, 0.2) is 0 Å². The number of hydrogen-bond acceptors (Lipinski definition) is 4. The predicted molar refractivity (Wildman–Crippen MR) is 65.2 cm³/mol. The number of halogens is 3. The van der Waals surface area contributed by atoms with Crippen LogP contribution in [-0.4, -0.2) is 31.2 Å². The highest BCUT2D eigenvalue weighted by molar-refractivity contribution is 5.62. The lowest BCUT2D eigenvalue weighted by molar-refractivity contribution is -0.137. The molecule has 1 fully saturated rings. The molecule has 19 heavy (non-hydrogen) atoms. The highest BCUT2D eigenvalue weighted by Crippen LogP contribution is 2.41. The van der Waals surface area contributed by atoms with Crippen LogP contribution < -0.4 is 15.4 Å². The second-order valence-corrected chi connectivity index (χ2v) is 4.54. The Balaban J connectivity index is 2.41. The number of aromatic nitrogens is 1. The molecule has 0 spiro atoms. The molecule has 0 aromatic carbocycles. The van der Waals surface area contributed by atoms with E-state index in [-0.39, 0.29) is 17.6 Å². The van der Waals surface area contributed by atoms with Crippen LogP contribution in [0.25, 0.3) is 0 Å². The SMILES string of the molecule is COc1nccc(C(F)(F)F)c1N1CCC(N)CC1. The summed E-state index contributed by atoms with van der Waals surface area (Å²) in [6, 6.07) is 1.03. The normalized spacial score (nSPS) is 17.6. The van der Waals surface area contributed by atoms with E-state index in [1.807, 2.05) is 0 Å². The number of methoxy groups -OCH3 is 1. The third-order valence-corrected chi connectivity index (χ3v) is 3.25. The molecule has 7 heteroatoms. The van der Waals surface area contributed by atoms with Crippen molar-refractivity contribution in [3.63, 3.8) is 0 Å². The van der Waals surface area contributed by atoms with Crippen molar-refractivity contribution in [3.8, 4) is 5.88 Å². The van der Waals surface area contributed by atoms with Crippen molar-refractivity contribution in [3.05, 3.63) is 17.8 Å². The zero-order valence-electron chi connectivity index (χ0n) is 10.6. The zero-order chi connectivity index (χ0) is 14.0. The number of ether oxygens (including phenoxy) is 1. The van der Waals surface area contributed by atoms with Crippen molar-refractivity contribution in [2.75, 3.05) is 25.1 Å². The number of piperidine rings is 1. The summed E-state index contributed by atoms with van der Waals surface area (Å²) >= 11 is 0. The van der Waals surface area contributed by atoms with Crippen molar-refractivity contribution in [1.29, 1.82) is 0 Å². The van der Waals surface area contributed by atoms with E-state index in [2.05, 4.69) is 4.98 Å². The maximum absolute atomic E-state index is 13.1. The average molecular weight is 275 g/mol. The summed E-state index contributed by atoms with van der Waals surface area (Å²) in [6.07, 6.45) is -1.99. The van der Waals surface area contributed by atoms with E-state index in [0.29, 0.717) is 25.9 Å². The first kappa shape index (κ1) is 13.9. The van der Waals surface area contributed by atoms with Crippen LogP contribution in [0.15, 0.2) is 12.3 Å². The van der Waals surface area contributed by atoms with E-state index in [0.717, 1.165) is 12.3 Å². The highest BCUT2D eigenvalue weighted by Gasteiger charge is 2.37. The zero-order valence-corrected chi connectivity index (χ0v) is 10.6. The Bertz CT molecular complexity index is 442. The van der Waals surface area contributed by atoms with Crippen LogP contribution in [0.5, 0.6) is 5.88 Å². The topological polar surface area (TPSA) is 51.4 Å². The molecular weight excluding hydrogens is 259 g/mol. The first-order valence-corrected chi connectivity index (χ1v) is 6.04. The second kappa shape index (κ2) is 5.24. The predicted octanol–water partition coefficient (Wildman–Crippen LogP) is 2.04. The highest BCUT2D eigenvalue weighted by atomic mass is 19.4. The Morgan fingerprint density at radius 1 is 1.37 bits per heavy atom. The summed E-state index contributed by atoms with van der Waals surface area (Å²) in [5.74, 6) is 0.00490. The number of nitrogens with zero attached hydrogens (tertiary/aromatic N) is 2. The Kier molecular flexibility index (Phi) is 3.84. The van der Waals surface area contributed by atoms with Gasteiger partial charge in [0.1, 0.15) is 5.69 Å². The first-order valence-electron chi connectivity index (χ1n) is 6.04. The van der Waals surface area contributed by atoms with Crippen molar-refractivity contribution < 1.29 is 17.9 Å². The molecule has 2 N–H and O–H groups in total. The van der Waals surface area contributed by atoms with Crippen LogP contribution in [0, 0.1) is 0 Å². The van der Waals surface area contributed by atoms with Gasteiger partial charge < -0.3 is 15.4 Å². The maximum atomic E-state index is 13.1. The molecule has 0 bridgehead atoms. The van der Waals surface area contributed by atoms with Crippen LogP contribution in [0.2, 0.25) is 0 Å². The van der Waals surface area contributed by atoms with Gasteiger partial charge in [0, 0.05) is 25.3 Å². The van der Waals surface area contributed by atoms with E-state index in [1.165, 1.54) is 7.11 Å². The van der Waals surface area contributed by atoms with Gasteiger partial charge in [-0.2, -0.15) is 13.2 Å². The van der Waals surface area contributed by atoms with Gasteiger partial charge in [-0.25, -0.2) is 4.98 Å². The van der Waals surface area contributed by atoms with Gasteiger partial charge in [0.25, 0.3) is 0 Å². The fraction of sp³-hybridized carbons (Fsp3) is 0.583. The summed E-state index contributed by atoms with van der Waals surface area (Å²) in [4.78, 5) is 5.52. The average Bonchev–Trinajstić information content (AvgIpc) is 2.38. The van der Waals surface area contributed by atoms with Gasteiger partial charge in [-0.3, -0.25) is 0 Å². The van der Waals surface area contributed by atoms with Crippen molar-refractivity contribution >= 4 is 5.69 Å². The van der Waals surface area contributed by atoms with Crippen LogP contribution >= 0.6 is 0 Å². The molecule has 1 aromatic heterocycles. The fourth-order valence-electron chi connectivity index (χ4n) is 2.24. The minimum atomic E-state index is -4.43. The molecule has 4 nitrogen and oxygen atoms in total. The summed E-state index contributed by atoms with van der Waals surface area (Å²) < 4.78 is 44.2. The number of alkyl halides is 3. The molecule has 1 aliphatic heterocycles. The maximum Gasteiger partial charge on any atom is 0.418 e. The first-order chi connectivity index (χ1) is 8.93. The molecule has 1 aromatic rings. The lowest BCUT2D eigenvalue weighted by Gasteiger charge is -2.34. The van der Waals surface area contributed by atoms with Gasteiger partial charge in [-0.05, 0) is 18.9 Å². The third kappa shape index (κ3) is 2.91. The molecule has 0 radical (unpaired) electrons. The van der Waals surface area contributed by atoms with Crippen LogP contribution in [-0.2, 0) is 6.18 Å². The van der Waals surface area contributed by atoms with Crippen molar-refractivity contribution in [2.24, 2.45) is 5.73 Å². The minimum absolute atomic E-state index is 0.00490.